The fraction of sp³-hybridized carbons (Fsp3) is 0.550. The summed E-state index contributed by atoms with van der Waals surface area (Å²) in [5, 5.41) is 13.8. The van der Waals surface area contributed by atoms with Gasteiger partial charge in [0.25, 0.3) is 0 Å². The predicted octanol–water partition coefficient (Wildman–Crippen LogP) is 3.98. The average molecular weight is 425 g/mol. The smallest absolute Gasteiger partial charge is 0.410 e. The Bertz CT molecular complexity index is 930. The number of ether oxygens (including phenoxy) is 2. The summed E-state index contributed by atoms with van der Waals surface area (Å²) in [5.41, 5.74) is -0.509. The highest BCUT2D eigenvalue weighted by atomic mass is 19.3. The Morgan fingerprint density at radius 1 is 1.27 bits per heavy atom. The monoisotopic (exact) mass is 425 g/mol. The van der Waals surface area contributed by atoms with Crippen LogP contribution in [0.1, 0.15) is 44.0 Å². The van der Waals surface area contributed by atoms with E-state index in [9.17, 15) is 23.5 Å². The van der Waals surface area contributed by atoms with Gasteiger partial charge >= 0.3 is 18.7 Å². The van der Waals surface area contributed by atoms with Gasteiger partial charge in [-0.25, -0.2) is 9.59 Å². The van der Waals surface area contributed by atoms with Crippen molar-refractivity contribution in [3.63, 3.8) is 0 Å². The van der Waals surface area contributed by atoms with Crippen molar-refractivity contribution in [1.82, 2.24) is 14.7 Å². The van der Waals surface area contributed by atoms with E-state index in [0.717, 1.165) is 12.8 Å². The molecule has 2 heterocycles. The molecule has 164 valence electrons. The molecule has 0 atom stereocenters. The molecule has 1 aliphatic heterocycles. The normalized spacial score (nSPS) is 15.6. The van der Waals surface area contributed by atoms with Crippen LogP contribution in [0.3, 0.4) is 0 Å². The fourth-order valence-corrected chi connectivity index (χ4v) is 3.48. The predicted molar refractivity (Wildman–Crippen MR) is 104 cm³/mol. The Kier molecular flexibility index (Phi) is 6.14. The van der Waals surface area contributed by atoms with Gasteiger partial charge in [-0.15, -0.1) is 0 Å². The lowest BCUT2D eigenvalue weighted by Gasteiger charge is -2.33. The van der Waals surface area contributed by atoms with Gasteiger partial charge in [0, 0.05) is 25.8 Å². The van der Waals surface area contributed by atoms with Gasteiger partial charge in [0.2, 0.25) is 0 Å². The van der Waals surface area contributed by atoms with E-state index in [1.165, 1.54) is 18.3 Å². The van der Waals surface area contributed by atoms with Crippen molar-refractivity contribution >= 4 is 23.0 Å². The zero-order valence-corrected chi connectivity index (χ0v) is 17.1. The van der Waals surface area contributed by atoms with Gasteiger partial charge in [-0.2, -0.15) is 13.9 Å². The van der Waals surface area contributed by atoms with E-state index in [4.69, 9.17) is 4.74 Å². The maximum Gasteiger partial charge on any atom is 0.410 e. The third-order valence-corrected chi connectivity index (χ3v) is 4.84. The minimum atomic E-state index is -3.14. The van der Waals surface area contributed by atoms with E-state index >= 15 is 0 Å². The summed E-state index contributed by atoms with van der Waals surface area (Å²) in [5.74, 6) is -1.51. The molecule has 1 aromatic carbocycles. The summed E-state index contributed by atoms with van der Waals surface area (Å²) in [4.78, 5) is 25.2. The second-order valence-electron chi connectivity index (χ2n) is 8.32. The van der Waals surface area contributed by atoms with E-state index in [-0.39, 0.29) is 28.7 Å². The number of hydrogen-bond donors (Lipinski definition) is 1. The molecular formula is C20H25F2N3O5. The van der Waals surface area contributed by atoms with Gasteiger partial charge in [-0.3, -0.25) is 4.68 Å². The Morgan fingerprint density at radius 3 is 2.50 bits per heavy atom. The largest absolute Gasteiger partial charge is 0.478 e. The number of likely N-dealkylation sites (tertiary alicyclic amines) is 1. The van der Waals surface area contributed by atoms with Gasteiger partial charge < -0.3 is 19.5 Å². The second-order valence-corrected chi connectivity index (χ2v) is 8.32. The summed E-state index contributed by atoms with van der Waals surface area (Å²) in [6.07, 6.45) is 2.69. The zero-order chi connectivity index (χ0) is 22.1. The average Bonchev–Trinajstić information content (AvgIpc) is 3.03. The summed E-state index contributed by atoms with van der Waals surface area (Å²) in [7, 11) is 0. The number of piperidine rings is 1. The van der Waals surface area contributed by atoms with Crippen LogP contribution in [0.25, 0.3) is 10.9 Å². The SMILES string of the molecule is CC(C)(C)OC(=O)N1CCC(Cn2cc3c(OC(F)F)c(C(=O)O)ccc3n2)CC1. The molecule has 0 saturated carbocycles. The van der Waals surface area contributed by atoms with Crippen LogP contribution in [-0.4, -0.2) is 57.2 Å². The number of rotatable bonds is 5. The maximum absolute atomic E-state index is 12.8. The van der Waals surface area contributed by atoms with Crippen LogP contribution in [-0.2, 0) is 11.3 Å². The molecule has 2 aromatic rings. The minimum absolute atomic E-state index is 0.224. The third-order valence-electron chi connectivity index (χ3n) is 4.84. The molecule has 0 aliphatic carbocycles. The van der Waals surface area contributed by atoms with E-state index in [0.29, 0.717) is 25.2 Å². The number of carboxylic acids is 1. The van der Waals surface area contributed by atoms with Crippen molar-refractivity contribution in [3.8, 4) is 5.75 Å². The minimum Gasteiger partial charge on any atom is -0.478 e. The van der Waals surface area contributed by atoms with Gasteiger partial charge in [0.15, 0.2) is 5.75 Å². The summed E-state index contributed by atoms with van der Waals surface area (Å²) >= 11 is 0. The molecular weight excluding hydrogens is 400 g/mol. The highest BCUT2D eigenvalue weighted by molar-refractivity contribution is 5.99. The number of aromatic carboxylic acids is 1. The Balaban J connectivity index is 1.70. The van der Waals surface area contributed by atoms with Crippen LogP contribution in [0.5, 0.6) is 5.75 Å². The first-order valence-corrected chi connectivity index (χ1v) is 9.69. The standard InChI is InChI=1S/C20H25F2N3O5/c1-20(2,3)30-19(28)24-8-6-12(7-9-24)10-25-11-14-15(23-25)5-4-13(17(26)27)16(14)29-18(21)22/h4-5,11-12,18H,6-10H2,1-3H3,(H,26,27). The molecule has 1 fully saturated rings. The highest BCUT2D eigenvalue weighted by Gasteiger charge is 2.27. The number of halogens is 2. The number of amides is 1. The van der Waals surface area contributed by atoms with Crippen molar-refractivity contribution in [2.24, 2.45) is 5.92 Å². The van der Waals surface area contributed by atoms with Gasteiger partial charge in [0.05, 0.1) is 10.9 Å². The fourth-order valence-electron chi connectivity index (χ4n) is 3.48. The Hall–Kier alpha value is -2.91. The van der Waals surface area contributed by atoms with Crippen LogP contribution < -0.4 is 4.74 Å². The second kappa shape index (κ2) is 8.45. The lowest BCUT2D eigenvalue weighted by Crippen LogP contribution is -2.42. The molecule has 0 bridgehead atoms. The molecule has 1 N–H and O–H groups in total. The van der Waals surface area contributed by atoms with Crippen LogP contribution in [0.2, 0.25) is 0 Å². The molecule has 0 radical (unpaired) electrons. The summed E-state index contributed by atoms with van der Waals surface area (Å²) in [6, 6.07) is 2.68. The first-order chi connectivity index (χ1) is 14.0. The summed E-state index contributed by atoms with van der Waals surface area (Å²) in [6.45, 7) is 3.96. The first kappa shape index (κ1) is 21.8. The van der Waals surface area contributed by atoms with Crippen molar-refractivity contribution in [1.29, 1.82) is 0 Å². The number of alkyl halides is 2. The third kappa shape index (κ3) is 5.17. The summed E-state index contributed by atoms with van der Waals surface area (Å²) < 4.78 is 37.1. The Labute approximate surface area is 172 Å². The quantitative estimate of drug-likeness (QED) is 0.779. The molecule has 10 heteroatoms. The number of carboxylic acid groups (broad SMARTS) is 1. The lowest BCUT2D eigenvalue weighted by atomic mass is 9.97. The number of benzene rings is 1. The van der Waals surface area contributed by atoms with Crippen molar-refractivity contribution in [2.75, 3.05) is 13.1 Å². The lowest BCUT2D eigenvalue weighted by molar-refractivity contribution is -0.0492. The van der Waals surface area contributed by atoms with Crippen LogP contribution >= 0.6 is 0 Å². The van der Waals surface area contributed by atoms with Gasteiger partial charge in [0.1, 0.15) is 11.2 Å². The number of nitrogens with zero attached hydrogens (tertiary/aromatic N) is 3. The van der Waals surface area contributed by atoms with E-state index in [1.807, 2.05) is 20.8 Å². The zero-order valence-electron chi connectivity index (χ0n) is 17.1. The molecule has 1 aromatic heterocycles. The van der Waals surface area contributed by atoms with Crippen molar-refractivity contribution < 1.29 is 33.0 Å². The van der Waals surface area contributed by atoms with E-state index < -0.39 is 18.2 Å². The van der Waals surface area contributed by atoms with Gasteiger partial charge in [-0.1, -0.05) is 0 Å². The topological polar surface area (TPSA) is 93.9 Å². The van der Waals surface area contributed by atoms with E-state index in [1.54, 1.807) is 9.58 Å². The van der Waals surface area contributed by atoms with Crippen LogP contribution in [0.4, 0.5) is 13.6 Å². The molecule has 8 nitrogen and oxygen atoms in total. The van der Waals surface area contributed by atoms with Crippen LogP contribution in [0.15, 0.2) is 18.3 Å². The first-order valence-electron chi connectivity index (χ1n) is 9.69. The Morgan fingerprint density at radius 2 is 1.93 bits per heavy atom. The molecule has 30 heavy (non-hydrogen) atoms. The number of carbonyl (C=O) groups is 2. The highest BCUT2D eigenvalue weighted by Crippen LogP contribution is 2.31. The molecule has 1 aliphatic rings. The van der Waals surface area contributed by atoms with Crippen molar-refractivity contribution in [2.45, 2.75) is 52.4 Å². The van der Waals surface area contributed by atoms with E-state index in [2.05, 4.69) is 9.84 Å². The number of fused-ring (bicyclic) bond motifs is 1. The molecule has 1 amide bonds. The number of aromatic nitrogens is 2. The number of hydrogen-bond acceptors (Lipinski definition) is 5. The van der Waals surface area contributed by atoms with Gasteiger partial charge in [-0.05, 0) is 51.7 Å². The van der Waals surface area contributed by atoms with Crippen molar-refractivity contribution in [3.05, 3.63) is 23.9 Å². The number of carbonyl (C=O) groups excluding carboxylic acids is 1. The maximum atomic E-state index is 12.8. The van der Waals surface area contributed by atoms with Crippen LogP contribution in [0, 0.1) is 5.92 Å². The molecule has 0 unspecified atom stereocenters. The molecule has 1 saturated heterocycles. The molecule has 3 rings (SSSR count). The molecule has 0 spiro atoms.